The zero-order chi connectivity index (χ0) is 22.1. The fourth-order valence-corrected chi connectivity index (χ4v) is 4.13. The molecule has 182 valence electrons. The van der Waals surface area contributed by atoms with Gasteiger partial charge in [-0.15, -0.1) is 24.0 Å². The van der Waals surface area contributed by atoms with Gasteiger partial charge in [0.2, 0.25) is 0 Å². The Morgan fingerprint density at radius 1 is 1.16 bits per heavy atom. The average molecular weight is 564 g/mol. The van der Waals surface area contributed by atoms with Gasteiger partial charge in [-0.1, -0.05) is 13.0 Å². The van der Waals surface area contributed by atoms with Crippen LogP contribution in [0.5, 0.6) is 5.75 Å². The van der Waals surface area contributed by atoms with Crippen molar-refractivity contribution in [3.63, 3.8) is 0 Å². The molecule has 9 heteroatoms. The van der Waals surface area contributed by atoms with E-state index in [1.807, 2.05) is 6.07 Å². The highest BCUT2D eigenvalue weighted by molar-refractivity contribution is 14.0. The summed E-state index contributed by atoms with van der Waals surface area (Å²) in [5, 5.41) is 3.46. The predicted molar refractivity (Wildman–Crippen MR) is 138 cm³/mol. The molecule has 0 amide bonds. The van der Waals surface area contributed by atoms with Gasteiger partial charge in [0.05, 0.1) is 20.3 Å². The van der Waals surface area contributed by atoms with Crippen LogP contribution in [0.25, 0.3) is 0 Å². The Balaban J connectivity index is 0.00000363. The maximum Gasteiger partial charge on any atom is 0.194 e. The van der Waals surface area contributed by atoms with Crippen LogP contribution in [0, 0.1) is 11.7 Å². The van der Waals surface area contributed by atoms with Crippen molar-refractivity contribution in [1.82, 2.24) is 20.0 Å². The molecule has 1 N–H and O–H groups in total. The molecule has 2 aliphatic heterocycles. The van der Waals surface area contributed by atoms with E-state index in [9.17, 15) is 4.39 Å². The molecule has 2 fully saturated rings. The summed E-state index contributed by atoms with van der Waals surface area (Å²) in [6.45, 7) is 15.3. The van der Waals surface area contributed by atoms with E-state index in [0.717, 1.165) is 90.2 Å². The maximum atomic E-state index is 14.0. The second kappa shape index (κ2) is 14.2. The molecule has 3 rings (SSSR count). The summed E-state index contributed by atoms with van der Waals surface area (Å²) in [4.78, 5) is 12.1. The second-order valence-corrected chi connectivity index (χ2v) is 8.44. The molecule has 0 bridgehead atoms. The first-order chi connectivity index (χ1) is 15.1. The number of benzene rings is 1. The lowest BCUT2D eigenvalue weighted by Gasteiger charge is -2.36. The molecule has 1 unspecified atom stereocenters. The molecule has 0 saturated carbocycles. The van der Waals surface area contributed by atoms with Gasteiger partial charge in [-0.3, -0.25) is 14.8 Å². The lowest BCUT2D eigenvalue weighted by Crippen LogP contribution is -2.52. The number of aliphatic imine (C=N–C) groups is 1. The van der Waals surface area contributed by atoms with Crippen molar-refractivity contribution < 1.29 is 13.9 Å². The predicted octanol–water partition coefficient (Wildman–Crippen LogP) is 2.50. The third-order valence-corrected chi connectivity index (χ3v) is 5.86. The molecule has 0 spiro atoms. The smallest absolute Gasteiger partial charge is 0.194 e. The maximum absolute atomic E-state index is 14.0. The topological polar surface area (TPSA) is 52.6 Å². The number of hydrogen-bond acceptors (Lipinski definition) is 5. The third kappa shape index (κ3) is 8.31. The number of nitrogens with one attached hydrogen (secondary N) is 1. The third-order valence-electron chi connectivity index (χ3n) is 5.86. The number of nitrogens with zero attached hydrogens (tertiary/aromatic N) is 4. The van der Waals surface area contributed by atoms with E-state index in [4.69, 9.17) is 14.5 Å². The standard InChI is InChI=1S/C23H38FN5O2.HI/c1-4-25-23(26-16-19(2)17-28-11-13-31-14-12-28)29-9-7-27(8-10-29)18-20-5-6-22(30-3)21(24)15-20;/h5-6,15,19H,4,7-14,16-18H2,1-3H3,(H,25,26);1H. The number of ether oxygens (including phenoxy) is 2. The monoisotopic (exact) mass is 563 g/mol. The first-order valence-corrected chi connectivity index (χ1v) is 11.5. The molecule has 2 aliphatic rings. The second-order valence-electron chi connectivity index (χ2n) is 8.44. The zero-order valence-electron chi connectivity index (χ0n) is 19.7. The molecule has 1 aromatic rings. The first kappa shape index (κ1) is 27.1. The Kier molecular flexibility index (Phi) is 12.0. The minimum absolute atomic E-state index is 0. The normalized spacial score (nSPS) is 19.4. The number of piperazine rings is 1. The molecule has 1 atom stereocenters. The lowest BCUT2D eigenvalue weighted by molar-refractivity contribution is 0.0323. The summed E-state index contributed by atoms with van der Waals surface area (Å²) < 4.78 is 24.4. The molecular formula is C23H39FIN5O2. The van der Waals surface area contributed by atoms with Crippen LogP contribution in [0.2, 0.25) is 0 Å². The Morgan fingerprint density at radius 2 is 1.88 bits per heavy atom. The number of halogens is 2. The molecule has 1 aromatic carbocycles. The quantitative estimate of drug-likeness (QED) is 0.298. The van der Waals surface area contributed by atoms with Gasteiger partial charge in [0.1, 0.15) is 0 Å². The van der Waals surface area contributed by atoms with Crippen molar-refractivity contribution in [3.05, 3.63) is 29.6 Å². The molecule has 0 radical (unpaired) electrons. The van der Waals surface area contributed by atoms with Gasteiger partial charge in [0, 0.05) is 65.4 Å². The van der Waals surface area contributed by atoms with E-state index >= 15 is 0 Å². The fourth-order valence-electron chi connectivity index (χ4n) is 4.13. The zero-order valence-corrected chi connectivity index (χ0v) is 22.0. The van der Waals surface area contributed by atoms with Gasteiger partial charge in [-0.2, -0.15) is 0 Å². The minimum Gasteiger partial charge on any atom is -0.494 e. The van der Waals surface area contributed by atoms with Gasteiger partial charge in [-0.05, 0) is 30.5 Å². The summed E-state index contributed by atoms with van der Waals surface area (Å²) in [6, 6.07) is 5.22. The lowest BCUT2D eigenvalue weighted by atomic mass is 10.1. The summed E-state index contributed by atoms with van der Waals surface area (Å²) in [5.41, 5.74) is 0.976. The Labute approximate surface area is 209 Å². The van der Waals surface area contributed by atoms with E-state index in [1.165, 1.54) is 7.11 Å². The van der Waals surface area contributed by atoms with E-state index in [1.54, 1.807) is 12.1 Å². The summed E-state index contributed by atoms with van der Waals surface area (Å²) in [7, 11) is 1.49. The van der Waals surface area contributed by atoms with Crippen LogP contribution in [0.1, 0.15) is 19.4 Å². The molecule has 2 saturated heterocycles. The average Bonchev–Trinajstić information content (AvgIpc) is 2.78. The molecule has 2 heterocycles. The van der Waals surface area contributed by atoms with Crippen molar-refractivity contribution in [2.45, 2.75) is 20.4 Å². The van der Waals surface area contributed by atoms with Crippen LogP contribution in [0.3, 0.4) is 0 Å². The van der Waals surface area contributed by atoms with Crippen LogP contribution in [0.15, 0.2) is 23.2 Å². The Morgan fingerprint density at radius 3 is 2.50 bits per heavy atom. The highest BCUT2D eigenvalue weighted by Gasteiger charge is 2.21. The SMILES string of the molecule is CCNC(=NCC(C)CN1CCOCC1)N1CCN(Cc2ccc(OC)c(F)c2)CC1.I. The van der Waals surface area contributed by atoms with Crippen LogP contribution in [0.4, 0.5) is 4.39 Å². The summed E-state index contributed by atoms with van der Waals surface area (Å²) >= 11 is 0. The molecular weight excluding hydrogens is 524 g/mol. The number of rotatable bonds is 8. The van der Waals surface area contributed by atoms with Gasteiger partial charge in [0.15, 0.2) is 17.5 Å². The summed E-state index contributed by atoms with van der Waals surface area (Å²) in [5.74, 6) is 1.51. The van der Waals surface area contributed by atoms with Crippen molar-refractivity contribution in [3.8, 4) is 5.75 Å². The van der Waals surface area contributed by atoms with Crippen molar-refractivity contribution in [2.75, 3.05) is 79.2 Å². The Bertz CT molecular complexity index is 710. The highest BCUT2D eigenvalue weighted by Crippen LogP contribution is 2.19. The molecule has 0 aliphatic carbocycles. The largest absolute Gasteiger partial charge is 0.494 e. The number of guanidine groups is 1. The van der Waals surface area contributed by atoms with E-state index in [2.05, 4.69) is 33.9 Å². The molecule has 32 heavy (non-hydrogen) atoms. The molecule has 7 nitrogen and oxygen atoms in total. The van der Waals surface area contributed by atoms with Gasteiger partial charge >= 0.3 is 0 Å². The Hall–Kier alpha value is -1.17. The van der Waals surface area contributed by atoms with E-state index in [-0.39, 0.29) is 29.8 Å². The first-order valence-electron chi connectivity index (χ1n) is 11.5. The van der Waals surface area contributed by atoms with Gasteiger partial charge in [-0.25, -0.2) is 4.39 Å². The van der Waals surface area contributed by atoms with E-state index < -0.39 is 0 Å². The fraction of sp³-hybridized carbons (Fsp3) is 0.696. The van der Waals surface area contributed by atoms with Crippen LogP contribution >= 0.6 is 24.0 Å². The number of morpholine rings is 1. The van der Waals surface area contributed by atoms with Crippen molar-refractivity contribution >= 4 is 29.9 Å². The minimum atomic E-state index is -0.300. The number of methoxy groups -OCH3 is 1. The van der Waals surface area contributed by atoms with Crippen LogP contribution < -0.4 is 10.1 Å². The van der Waals surface area contributed by atoms with Crippen molar-refractivity contribution in [2.24, 2.45) is 10.9 Å². The van der Waals surface area contributed by atoms with Gasteiger partial charge in [0.25, 0.3) is 0 Å². The van der Waals surface area contributed by atoms with Gasteiger partial charge < -0.3 is 19.7 Å². The van der Waals surface area contributed by atoms with Crippen LogP contribution in [-0.2, 0) is 11.3 Å². The summed E-state index contributed by atoms with van der Waals surface area (Å²) in [6.07, 6.45) is 0. The van der Waals surface area contributed by atoms with Crippen LogP contribution in [-0.4, -0.2) is 99.9 Å². The highest BCUT2D eigenvalue weighted by atomic mass is 127. The number of hydrogen-bond donors (Lipinski definition) is 1. The molecule has 0 aromatic heterocycles. The van der Waals surface area contributed by atoms with Crippen molar-refractivity contribution in [1.29, 1.82) is 0 Å². The van der Waals surface area contributed by atoms with E-state index in [0.29, 0.717) is 11.7 Å².